The van der Waals surface area contributed by atoms with Gasteiger partial charge in [0, 0.05) is 22.7 Å². The second-order valence-electron chi connectivity index (χ2n) is 5.42. The number of hydrogen-bond donors (Lipinski definition) is 1. The summed E-state index contributed by atoms with van der Waals surface area (Å²) >= 11 is 0. The van der Waals surface area contributed by atoms with Gasteiger partial charge in [0.2, 0.25) is 0 Å². The van der Waals surface area contributed by atoms with E-state index in [9.17, 15) is 13.6 Å². The van der Waals surface area contributed by atoms with Crippen molar-refractivity contribution >= 4 is 22.6 Å². The first-order chi connectivity index (χ1) is 11.4. The van der Waals surface area contributed by atoms with Crippen LogP contribution in [0.3, 0.4) is 0 Å². The summed E-state index contributed by atoms with van der Waals surface area (Å²) in [5, 5.41) is 3.50. The molecule has 1 heterocycles. The summed E-state index contributed by atoms with van der Waals surface area (Å²) in [5.74, 6) is -0.286. The normalized spacial score (nSPS) is 11.0. The summed E-state index contributed by atoms with van der Waals surface area (Å²) in [6.07, 6.45) is 0. The molecule has 3 aromatic rings. The topological polar surface area (TPSA) is 51.5 Å². The highest BCUT2D eigenvalue weighted by Gasteiger charge is 2.18. The summed E-state index contributed by atoms with van der Waals surface area (Å²) in [6, 6.07) is 11.5. The van der Waals surface area contributed by atoms with Gasteiger partial charge in [-0.2, -0.15) is 8.78 Å². The summed E-state index contributed by atoms with van der Waals surface area (Å²) < 4.78 is 34.5. The van der Waals surface area contributed by atoms with Crippen molar-refractivity contribution in [3.63, 3.8) is 0 Å². The maximum Gasteiger partial charge on any atom is 0.387 e. The van der Waals surface area contributed by atoms with E-state index in [1.165, 1.54) is 18.2 Å². The van der Waals surface area contributed by atoms with Crippen LogP contribution in [0.25, 0.3) is 11.0 Å². The van der Waals surface area contributed by atoms with Crippen LogP contribution in [0.5, 0.6) is 5.75 Å². The molecule has 0 aliphatic rings. The molecule has 0 unspecified atom stereocenters. The molecule has 124 valence electrons. The second-order valence-corrected chi connectivity index (χ2v) is 5.42. The number of carbonyl (C=O) groups excluding carboxylic acids is 1. The zero-order valence-electron chi connectivity index (χ0n) is 13.1. The monoisotopic (exact) mass is 331 g/mol. The van der Waals surface area contributed by atoms with E-state index in [1.54, 1.807) is 13.0 Å². The van der Waals surface area contributed by atoms with E-state index in [4.69, 9.17) is 4.42 Å². The third-order valence-electron chi connectivity index (χ3n) is 3.61. The first-order valence-electron chi connectivity index (χ1n) is 7.30. The number of aryl methyl sites for hydroxylation is 2. The van der Waals surface area contributed by atoms with Crippen LogP contribution >= 0.6 is 0 Å². The van der Waals surface area contributed by atoms with Gasteiger partial charge >= 0.3 is 6.61 Å². The van der Waals surface area contributed by atoms with Crippen LogP contribution in [-0.2, 0) is 0 Å². The Labute approximate surface area is 137 Å². The van der Waals surface area contributed by atoms with Crippen LogP contribution in [0, 0.1) is 13.8 Å². The molecule has 0 fully saturated rings. The van der Waals surface area contributed by atoms with Crippen molar-refractivity contribution in [1.29, 1.82) is 0 Å². The van der Waals surface area contributed by atoms with Crippen LogP contribution in [-0.4, -0.2) is 12.5 Å². The minimum absolute atomic E-state index is 0.0280. The van der Waals surface area contributed by atoms with Crippen molar-refractivity contribution in [1.82, 2.24) is 0 Å². The molecule has 4 nitrogen and oxygen atoms in total. The van der Waals surface area contributed by atoms with Gasteiger partial charge in [0.25, 0.3) is 5.91 Å². The second kappa shape index (κ2) is 6.31. The number of ether oxygens (including phenoxy) is 1. The molecule has 3 rings (SSSR count). The molecule has 0 spiro atoms. The molecule has 0 saturated carbocycles. The molecule has 0 bridgehead atoms. The Kier molecular flexibility index (Phi) is 4.20. The van der Waals surface area contributed by atoms with Crippen LogP contribution in [0.1, 0.15) is 21.7 Å². The van der Waals surface area contributed by atoms with Gasteiger partial charge in [-0.05, 0) is 38.1 Å². The number of benzene rings is 2. The minimum Gasteiger partial charge on any atom is -0.451 e. The van der Waals surface area contributed by atoms with Crippen LogP contribution in [0.15, 0.2) is 46.9 Å². The van der Waals surface area contributed by atoms with Gasteiger partial charge < -0.3 is 14.5 Å². The standard InChI is InChI=1S/C18H15F2NO3/c1-10-6-7-15-14(8-10)11(2)16(24-15)17(22)21-12-4-3-5-13(9-12)23-18(19)20/h3-9,18H,1-2H3,(H,21,22). The zero-order valence-corrected chi connectivity index (χ0v) is 13.1. The average Bonchev–Trinajstić information content (AvgIpc) is 2.84. The van der Waals surface area contributed by atoms with E-state index >= 15 is 0 Å². The fourth-order valence-corrected chi connectivity index (χ4v) is 2.49. The van der Waals surface area contributed by atoms with Crippen LogP contribution in [0.2, 0.25) is 0 Å². The van der Waals surface area contributed by atoms with Gasteiger partial charge in [-0.25, -0.2) is 0 Å². The van der Waals surface area contributed by atoms with E-state index in [0.717, 1.165) is 16.5 Å². The first-order valence-corrected chi connectivity index (χ1v) is 7.30. The fraction of sp³-hybridized carbons (Fsp3) is 0.167. The third-order valence-corrected chi connectivity index (χ3v) is 3.61. The number of anilines is 1. The van der Waals surface area contributed by atoms with Crippen molar-refractivity contribution in [2.24, 2.45) is 0 Å². The largest absolute Gasteiger partial charge is 0.451 e. The molecular formula is C18H15F2NO3. The van der Waals surface area contributed by atoms with Gasteiger partial charge in [-0.3, -0.25) is 4.79 Å². The lowest BCUT2D eigenvalue weighted by Gasteiger charge is -2.07. The van der Waals surface area contributed by atoms with Crippen LogP contribution in [0.4, 0.5) is 14.5 Å². The molecule has 0 saturated heterocycles. The minimum atomic E-state index is -2.92. The molecule has 2 aromatic carbocycles. The summed E-state index contributed by atoms with van der Waals surface area (Å²) in [7, 11) is 0. The zero-order chi connectivity index (χ0) is 17.3. The van der Waals surface area contributed by atoms with Crippen LogP contribution < -0.4 is 10.1 Å². The Hall–Kier alpha value is -2.89. The Balaban J connectivity index is 1.86. The van der Waals surface area contributed by atoms with Gasteiger partial charge in [0.1, 0.15) is 11.3 Å². The van der Waals surface area contributed by atoms with E-state index in [-0.39, 0.29) is 11.5 Å². The highest BCUT2D eigenvalue weighted by Crippen LogP contribution is 2.27. The first kappa shape index (κ1) is 16.0. The number of fused-ring (bicyclic) bond motifs is 1. The van der Waals surface area contributed by atoms with Gasteiger partial charge in [-0.15, -0.1) is 0 Å². The molecule has 24 heavy (non-hydrogen) atoms. The summed E-state index contributed by atoms with van der Waals surface area (Å²) in [4.78, 5) is 12.4. The number of hydrogen-bond acceptors (Lipinski definition) is 3. The molecule has 1 N–H and O–H groups in total. The number of carbonyl (C=O) groups is 1. The Morgan fingerprint density at radius 3 is 2.71 bits per heavy atom. The smallest absolute Gasteiger partial charge is 0.387 e. The van der Waals surface area contributed by atoms with E-state index in [2.05, 4.69) is 10.1 Å². The maximum atomic E-state index is 12.4. The van der Waals surface area contributed by atoms with Crippen molar-refractivity contribution < 1.29 is 22.7 Å². The van der Waals surface area contributed by atoms with Gasteiger partial charge in [0.15, 0.2) is 5.76 Å². The summed E-state index contributed by atoms with van der Waals surface area (Å²) in [5.41, 5.74) is 2.76. The lowest BCUT2D eigenvalue weighted by atomic mass is 10.1. The van der Waals surface area contributed by atoms with E-state index in [0.29, 0.717) is 11.3 Å². The van der Waals surface area contributed by atoms with Crippen molar-refractivity contribution in [3.05, 3.63) is 59.4 Å². The molecule has 1 amide bonds. The predicted molar refractivity (Wildman–Crippen MR) is 86.7 cm³/mol. The Bertz CT molecular complexity index is 902. The SMILES string of the molecule is Cc1ccc2oc(C(=O)Nc3cccc(OC(F)F)c3)c(C)c2c1. The summed E-state index contributed by atoms with van der Waals surface area (Å²) in [6.45, 7) is 0.841. The van der Waals surface area contributed by atoms with Gasteiger partial charge in [-0.1, -0.05) is 17.7 Å². The molecule has 0 aliphatic heterocycles. The molecular weight excluding hydrogens is 316 g/mol. The third kappa shape index (κ3) is 3.22. The number of halogens is 2. The number of nitrogens with one attached hydrogen (secondary N) is 1. The predicted octanol–water partition coefficient (Wildman–Crippen LogP) is 4.90. The molecule has 1 aromatic heterocycles. The quantitative estimate of drug-likeness (QED) is 0.739. The Morgan fingerprint density at radius 2 is 1.96 bits per heavy atom. The fourth-order valence-electron chi connectivity index (χ4n) is 2.49. The van der Waals surface area contributed by atoms with Crippen molar-refractivity contribution in [3.8, 4) is 5.75 Å². The molecule has 0 radical (unpaired) electrons. The Morgan fingerprint density at radius 1 is 1.17 bits per heavy atom. The number of amides is 1. The molecule has 0 aliphatic carbocycles. The maximum absolute atomic E-state index is 12.4. The van der Waals surface area contributed by atoms with Crippen molar-refractivity contribution in [2.75, 3.05) is 5.32 Å². The number of alkyl halides is 2. The van der Waals surface area contributed by atoms with E-state index < -0.39 is 12.5 Å². The lowest BCUT2D eigenvalue weighted by Crippen LogP contribution is -2.12. The van der Waals surface area contributed by atoms with Crippen molar-refractivity contribution in [2.45, 2.75) is 20.5 Å². The highest BCUT2D eigenvalue weighted by atomic mass is 19.3. The average molecular weight is 331 g/mol. The van der Waals surface area contributed by atoms with Gasteiger partial charge in [0.05, 0.1) is 0 Å². The molecule has 6 heteroatoms. The number of furan rings is 1. The lowest BCUT2D eigenvalue weighted by molar-refractivity contribution is -0.0497. The number of rotatable bonds is 4. The van der Waals surface area contributed by atoms with E-state index in [1.807, 2.05) is 25.1 Å². The molecule has 0 atom stereocenters. The highest BCUT2D eigenvalue weighted by molar-refractivity contribution is 6.06.